The summed E-state index contributed by atoms with van der Waals surface area (Å²) in [4.78, 5) is 4.61. The molecule has 1 fully saturated rings. The van der Waals surface area contributed by atoms with Gasteiger partial charge in [0.1, 0.15) is 0 Å². The molecule has 1 heterocycles. The van der Waals surface area contributed by atoms with Crippen molar-refractivity contribution in [2.75, 3.05) is 31.6 Å². The first-order valence-electron chi connectivity index (χ1n) is 6.26. The van der Waals surface area contributed by atoms with Gasteiger partial charge in [-0.25, -0.2) is 0 Å². The van der Waals surface area contributed by atoms with E-state index in [2.05, 4.69) is 44.9 Å². The van der Waals surface area contributed by atoms with Crippen LogP contribution < -0.4 is 10.6 Å². The number of nitrogens with two attached hydrogens (primary N) is 1. The van der Waals surface area contributed by atoms with Crippen molar-refractivity contribution in [1.29, 1.82) is 0 Å². The van der Waals surface area contributed by atoms with Gasteiger partial charge >= 0.3 is 0 Å². The molecule has 5 nitrogen and oxygen atoms in total. The molecule has 1 aliphatic rings. The topological polar surface area (TPSA) is 65.1 Å². The van der Waals surface area contributed by atoms with Crippen LogP contribution >= 0.6 is 15.9 Å². The maximum atomic E-state index is 8.94. The van der Waals surface area contributed by atoms with Gasteiger partial charge in [0.05, 0.1) is 5.56 Å². The van der Waals surface area contributed by atoms with Gasteiger partial charge in [0, 0.05) is 35.8 Å². The largest absolute Gasteiger partial charge is 0.409 e. The summed E-state index contributed by atoms with van der Waals surface area (Å²) in [6.07, 6.45) is 0. The molecule has 2 rings (SSSR count). The molecule has 19 heavy (non-hydrogen) atoms. The predicted molar refractivity (Wildman–Crippen MR) is 81.0 cm³/mol. The summed E-state index contributed by atoms with van der Waals surface area (Å²) in [5.74, 6) is 0.133. The number of anilines is 1. The minimum atomic E-state index is 0.133. The molecule has 1 atom stereocenters. The average molecular weight is 327 g/mol. The SMILES string of the molecule is CC1CN(c2cccc(Br)c2/C(N)=N/O)CCN1C. The monoisotopic (exact) mass is 326 g/mol. The van der Waals surface area contributed by atoms with Gasteiger partial charge in [-0.2, -0.15) is 0 Å². The van der Waals surface area contributed by atoms with Gasteiger partial charge in [-0.15, -0.1) is 0 Å². The molecule has 6 heteroatoms. The van der Waals surface area contributed by atoms with Crippen molar-refractivity contribution >= 4 is 27.5 Å². The molecular formula is C13H19BrN4O. The lowest BCUT2D eigenvalue weighted by Crippen LogP contribution is -2.50. The van der Waals surface area contributed by atoms with Gasteiger partial charge in [0.2, 0.25) is 0 Å². The number of nitrogens with zero attached hydrogens (tertiary/aromatic N) is 3. The fourth-order valence-electron chi connectivity index (χ4n) is 2.35. The Morgan fingerprint density at radius 3 is 2.84 bits per heavy atom. The molecule has 1 aliphatic heterocycles. The minimum absolute atomic E-state index is 0.133. The lowest BCUT2D eigenvalue weighted by atomic mass is 10.1. The number of rotatable bonds is 2. The highest BCUT2D eigenvalue weighted by Gasteiger charge is 2.24. The van der Waals surface area contributed by atoms with Crippen LogP contribution in [0, 0.1) is 0 Å². The molecule has 0 aliphatic carbocycles. The van der Waals surface area contributed by atoms with Gasteiger partial charge in [0.15, 0.2) is 5.84 Å². The van der Waals surface area contributed by atoms with Crippen molar-refractivity contribution in [3.63, 3.8) is 0 Å². The van der Waals surface area contributed by atoms with Crippen molar-refractivity contribution in [3.8, 4) is 0 Å². The normalized spacial score (nSPS) is 21.7. The van der Waals surface area contributed by atoms with Gasteiger partial charge in [-0.1, -0.05) is 11.2 Å². The first-order chi connectivity index (χ1) is 9.04. The number of amidine groups is 1. The van der Waals surface area contributed by atoms with Crippen LogP contribution in [0.3, 0.4) is 0 Å². The highest BCUT2D eigenvalue weighted by Crippen LogP contribution is 2.29. The number of piperazine rings is 1. The zero-order chi connectivity index (χ0) is 14.0. The van der Waals surface area contributed by atoms with Crippen molar-refractivity contribution in [3.05, 3.63) is 28.2 Å². The quantitative estimate of drug-likeness (QED) is 0.375. The summed E-state index contributed by atoms with van der Waals surface area (Å²) in [7, 11) is 2.13. The Morgan fingerprint density at radius 1 is 1.47 bits per heavy atom. The number of halogens is 1. The van der Waals surface area contributed by atoms with Gasteiger partial charge in [-0.05, 0) is 42.0 Å². The van der Waals surface area contributed by atoms with Crippen molar-refractivity contribution in [2.24, 2.45) is 10.9 Å². The predicted octanol–water partition coefficient (Wildman–Crippen LogP) is 1.68. The standard InChI is InChI=1S/C13H19BrN4O/c1-9-8-18(7-6-17(9)2)11-5-3-4-10(14)12(11)13(15)16-19/h3-5,9,19H,6-8H2,1-2H3,(H2,15,16). The molecule has 0 saturated carbocycles. The summed E-state index contributed by atoms with van der Waals surface area (Å²) in [5, 5.41) is 12.1. The number of benzene rings is 1. The zero-order valence-electron chi connectivity index (χ0n) is 11.2. The van der Waals surface area contributed by atoms with E-state index in [0.29, 0.717) is 6.04 Å². The second kappa shape index (κ2) is 5.79. The first kappa shape index (κ1) is 14.1. The first-order valence-corrected chi connectivity index (χ1v) is 7.05. The Balaban J connectivity index is 2.37. The smallest absolute Gasteiger partial charge is 0.173 e. The molecule has 1 unspecified atom stereocenters. The number of hydrogen-bond acceptors (Lipinski definition) is 4. The van der Waals surface area contributed by atoms with E-state index in [1.165, 1.54) is 0 Å². The van der Waals surface area contributed by atoms with E-state index in [4.69, 9.17) is 10.9 Å². The van der Waals surface area contributed by atoms with E-state index in [0.717, 1.165) is 35.4 Å². The molecule has 1 aromatic rings. The highest BCUT2D eigenvalue weighted by molar-refractivity contribution is 9.10. The third-order valence-corrected chi connectivity index (χ3v) is 4.32. The van der Waals surface area contributed by atoms with Crippen LogP contribution in [0.5, 0.6) is 0 Å². The third kappa shape index (κ3) is 2.84. The minimum Gasteiger partial charge on any atom is -0.409 e. The Bertz CT molecular complexity index is 492. The van der Waals surface area contributed by atoms with Crippen LogP contribution in [-0.2, 0) is 0 Å². The number of hydrogen-bond donors (Lipinski definition) is 2. The lowest BCUT2D eigenvalue weighted by Gasteiger charge is -2.39. The Hall–Kier alpha value is -1.27. The maximum Gasteiger partial charge on any atom is 0.173 e. The summed E-state index contributed by atoms with van der Waals surface area (Å²) >= 11 is 3.47. The van der Waals surface area contributed by atoms with Gasteiger partial charge < -0.3 is 20.7 Å². The zero-order valence-corrected chi connectivity index (χ0v) is 12.8. The van der Waals surface area contributed by atoms with Crippen LogP contribution in [0.2, 0.25) is 0 Å². The summed E-state index contributed by atoms with van der Waals surface area (Å²) in [6, 6.07) is 6.36. The molecule has 0 bridgehead atoms. The van der Waals surface area contributed by atoms with E-state index >= 15 is 0 Å². The fourth-order valence-corrected chi connectivity index (χ4v) is 2.91. The molecule has 1 aromatic carbocycles. The fraction of sp³-hybridized carbons (Fsp3) is 0.462. The maximum absolute atomic E-state index is 8.94. The van der Waals surface area contributed by atoms with Crippen molar-refractivity contribution in [2.45, 2.75) is 13.0 Å². The van der Waals surface area contributed by atoms with Crippen LogP contribution in [0.1, 0.15) is 12.5 Å². The summed E-state index contributed by atoms with van der Waals surface area (Å²) < 4.78 is 0.840. The van der Waals surface area contributed by atoms with Gasteiger partial charge in [-0.3, -0.25) is 0 Å². The third-order valence-electron chi connectivity index (χ3n) is 3.66. The number of oxime groups is 1. The molecule has 0 amide bonds. The van der Waals surface area contributed by atoms with E-state index in [1.54, 1.807) is 0 Å². The molecule has 104 valence electrons. The van der Waals surface area contributed by atoms with Gasteiger partial charge in [0.25, 0.3) is 0 Å². The van der Waals surface area contributed by atoms with Crippen LogP contribution in [-0.4, -0.2) is 48.7 Å². The molecule has 0 aromatic heterocycles. The molecule has 0 radical (unpaired) electrons. The number of likely N-dealkylation sites (N-methyl/N-ethyl adjacent to an activating group) is 1. The summed E-state index contributed by atoms with van der Waals surface area (Å²) in [5.41, 5.74) is 7.55. The Morgan fingerprint density at radius 2 is 2.21 bits per heavy atom. The van der Waals surface area contributed by atoms with Crippen LogP contribution in [0.25, 0.3) is 0 Å². The summed E-state index contributed by atoms with van der Waals surface area (Å²) in [6.45, 7) is 5.07. The second-order valence-corrected chi connectivity index (χ2v) is 5.75. The van der Waals surface area contributed by atoms with Crippen LogP contribution in [0.4, 0.5) is 5.69 Å². The van der Waals surface area contributed by atoms with E-state index in [-0.39, 0.29) is 5.84 Å². The lowest BCUT2D eigenvalue weighted by molar-refractivity contribution is 0.234. The Labute approximate surface area is 121 Å². The molecule has 1 saturated heterocycles. The highest BCUT2D eigenvalue weighted by atomic mass is 79.9. The van der Waals surface area contributed by atoms with E-state index in [9.17, 15) is 0 Å². The molecule has 0 spiro atoms. The van der Waals surface area contributed by atoms with Crippen molar-refractivity contribution in [1.82, 2.24) is 4.90 Å². The van der Waals surface area contributed by atoms with Crippen LogP contribution in [0.15, 0.2) is 27.8 Å². The molecule has 3 N–H and O–H groups in total. The van der Waals surface area contributed by atoms with E-state index in [1.807, 2.05) is 18.2 Å². The Kier molecular flexibility index (Phi) is 4.31. The van der Waals surface area contributed by atoms with E-state index < -0.39 is 0 Å². The average Bonchev–Trinajstić information content (AvgIpc) is 2.41. The second-order valence-electron chi connectivity index (χ2n) is 4.89. The van der Waals surface area contributed by atoms with Crippen molar-refractivity contribution < 1.29 is 5.21 Å². The molecular weight excluding hydrogens is 308 g/mol.